The Kier molecular flexibility index (Phi) is 4.52. The number of benzene rings is 1. The van der Waals surface area contributed by atoms with Crippen molar-refractivity contribution < 1.29 is 14.5 Å². The number of nitrogens with zero attached hydrogens (tertiary/aromatic N) is 1. The first-order valence-corrected chi connectivity index (χ1v) is 6.48. The van der Waals surface area contributed by atoms with Gasteiger partial charge < -0.3 is 15.8 Å². The van der Waals surface area contributed by atoms with Gasteiger partial charge in [0.1, 0.15) is 5.69 Å². The van der Waals surface area contributed by atoms with Crippen molar-refractivity contribution in [1.82, 2.24) is 5.32 Å². The van der Waals surface area contributed by atoms with E-state index in [1.54, 1.807) is 0 Å². The van der Waals surface area contributed by atoms with Gasteiger partial charge in [0.25, 0.3) is 11.6 Å². The molecule has 0 radical (unpaired) electrons. The summed E-state index contributed by atoms with van der Waals surface area (Å²) >= 11 is 0. The molecule has 0 atom stereocenters. The largest absolute Gasteiger partial charge is 0.393 e. The molecule has 7 heteroatoms. The number of carbonyl (C=O) groups excluding carboxylic acids is 1. The van der Waals surface area contributed by atoms with E-state index in [-0.39, 0.29) is 22.8 Å². The number of nitro groups is 1. The van der Waals surface area contributed by atoms with Crippen LogP contribution in [0.5, 0.6) is 0 Å². The Morgan fingerprint density at radius 3 is 2.80 bits per heavy atom. The SMILES string of the molecule is Nc1ccc(C(=O)NCC2CCOCC2)cc1[N+](=O)[O-]. The molecule has 1 fully saturated rings. The summed E-state index contributed by atoms with van der Waals surface area (Å²) < 4.78 is 5.24. The van der Waals surface area contributed by atoms with Crippen LogP contribution in [0.4, 0.5) is 11.4 Å². The van der Waals surface area contributed by atoms with Gasteiger partial charge in [-0.1, -0.05) is 0 Å². The molecule has 0 bridgehead atoms. The fraction of sp³-hybridized carbons (Fsp3) is 0.462. The summed E-state index contributed by atoms with van der Waals surface area (Å²) in [7, 11) is 0. The molecule has 0 aliphatic carbocycles. The minimum Gasteiger partial charge on any atom is -0.393 e. The summed E-state index contributed by atoms with van der Waals surface area (Å²) in [5, 5.41) is 13.6. The topological polar surface area (TPSA) is 107 Å². The predicted octanol–water partition coefficient (Wildman–Crippen LogP) is 1.33. The highest BCUT2D eigenvalue weighted by Crippen LogP contribution is 2.22. The lowest BCUT2D eigenvalue weighted by Crippen LogP contribution is -2.32. The van der Waals surface area contributed by atoms with Crippen molar-refractivity contribution >= 4 is 17.3 Å². The van der Waals surface area contributed by atoms with Gasteiger partial charge in [-0.15, -0.1) is 0 Å². The summed E-state index contributed by atoms with van der Waals surface area (Å²) in [6.07, 6.45) is 1.84. The second kappa shape index (κ2) is 6.33. The highest BCUT2D eigenvalue weighted by Gasteiger charge is 2.18. The Morgan fingerprint density at radius 1 is 1.45 bits per heavy atom. The van der Waals surface area contributed by atoms with Gasteiger partial charge in [0.15, 0.2) is 0 Å². The molecule has 1 heterocycles. The fourth-order valence-corrected chi connectivity index (χ4v) is 2.13. The zero-order valence-corrected chi connectivity index (χ0v) is 11.0. The molecule has 7 nitrogen and oxygen atoms in total. The lowest BCUT2D eigenvalue weighted by atomic mass is 10.0. The van der Waals surface area contributed by atoms with E-state index in [1.165, 1.54) is 18.2 Å². The number of nitrogen functional groups attached to an aromatic ring is 1. The molecule has 0 spiro atoms. The molecule has 1 amide bonds. The Bertz CT molecular complexity index is 512. The van der Waals surface area contributed by atoms with E-state index in [0.29, 0.717) is 25.7 Å². The molecule has 1 aliphatic rings. The molecule has 2 rings (SSSR count). The average Bonchev–Trinajstić information content (AvgIpc) is 2.46. The number of anilines is 1. The van der Waals surface area contributed by atoms with Gasteiger partial charge in [-0.2, -0.15) is 0 Å². The van der Waals surface area contributed by atoms with Gasteiger partial charge in [-0.25, -0.2) is 0 Å². The average molecular weight is 279 g/mol. The van der Waals surface area contributed by atoms with Crippen LogP contribution in [0.1, 0.15) is 23.2 Å². The van der Waals surface area contributed by atoms with E-state index >= 15 is 0 Å². The van der Waals surface area contributed by atoms with Crippen molar-refractivity contribution in [3.63, 3.8) is 0 Å². The van der Waals surface area contributed by atoms with Gasteiger partial charge in [0, 0.05) is 31.4 Å². The lowest BCUT2D eigenvalue weighted by Gasteiger charge is -2.22. The molecule has 20 heavy (non-hydrogen) atoms. The van der Waals surface area contributed by atoms with E-state index in [2.05, 4.69) is 5.32 Å². The maximum Gasteiger partial charge on any atom is 0.292 e. The molecule has 0 aromatic heterocycles. The van der Waals surface area contributed by atoms with Crippen LogP contribution in [0.3, 0.4) is 0 Å². The quantitative estimate of drug-likeness (QED) is 0.491. The Balaban J connectivity index is 1.98. The van der Waals surface area contributed by atoms with Crippen LogP contribution in [-0.2, 0) is 4.74 Å². The molecular formula is C13H17N3O4. The molecule has 1 saturated heterocycles. The van der Waals surface area contributed by atoms with Crippen molar-refractivity contribution in [2.45, 2.75) is 12.8 Å². The number of rotatable bonds is 4. The van der Waals surface area contributed by atoms with Crippen LogP contribution >= 0.6 is 0 Å². The maximum atomic E-state index is 12.0. The zero-order valence-electron chi connectivity index (χ0n) is 11.0. The van der Waals surface area contributed by atoms with Crippen LogP contribution in [0.2, 0.25) is 0 Å². The van der Waals surface area contributed by atoms with Gasteiger partial charge in [-0.3, -0.25) is 14.9 Å². The van der Waals surface area contributed by atoms with E-state index in [4.69, 9.17) is 10.5 Å². The number of hydrogen-bond donors (Lipinski definition) is 2. The molecule has 3 N–H and O–H groups in total. The number of hydrogen-bond acceptors (Lipinski definition) is 5. The summed E-state index contributed by atoms with van der Waals surface area (Å²) in [6.45, 7) is 1.99. The molecule has 1 aliphatic heterocycles. The van der Waals surface area contributed by atoms with Crippen LogP contribution < -0.4 is 11.1 Å². The minimum absolute atomic E-state index is 0.0518. The monoisotopic (exact) mass is 279 g/mol. The van der Waals surface area contributed by atoms with Gasteiger partial charge >= 0.3 is 0 Å². The Morgan fingerprint density at radius 2 is 2.15 bits per heavy atom. The van der Waals surface area contributed by atoms with Crippen molar-refractivity contribution in [2.24, 2.45) is 5.92 Å². The summed E-state index contributed by atoms with van der Waals surface area (Å²) in [6, 6.07) is 4.07. The smallest absolute Gasteiger partial charge is 0.292 e. The van der Waals surface area contributed by atoms with Crippen LogP contribution in [0, 0.1) is 16.0 Å². The first kappa shape index (κ1) is 14.3. The highest BCUT2D eigenvalue weighted by atomic mass is 16.6. The van der Waals surface area contributed by atoms with Crippen molar-refractivity contribution in [1.29, 1.82) is 0 Å². The molecule has 108 valence electrons. The number of nitro benzene ring substituents is 1. The zero-order chi connectivity index (χ0) is 14.5. The van der Waals surface area contributed by atoms with Crippen molar-refractivity contribution in [3.8, 4) is 0 Å². The first-order chi connectivity index (χ1) is 9.58. The van der Waals surface area contributed by atoms with Crippen molar-refractivity contribution in [3.05, 3.63) is 33.9 Å². The minimum atomic E-state index is -0.593. The third-order valence-electron chi connectivity index (χ3n) is 3.38. The maximum absolute atomic E-state index is 12.0. The van der Waals surface area contributed by atoms with E-state index in [0.717, 1.165) is 12.8 Å². The van der Waals surface area contributed by atoms with Gasteiger partial charge in [0.2, 0.25) is 0 Å². The summed E-state index contributed by atoms with van der Waals surface area (Å²) in [5.41, 5.74) is 5.55. The van der Waals surface area contributed by atoms with Crippen LogP contribution in [0.15, 0.2) is 18.2 Å². The molecule has 1 aromatic rings. The summed E-state index contributed by atoms with van der Waals surface area (Å²) in [5.74, 6) is 0.0797. The van der Waals surface area contributed by atoms with Gasteiger partial charge in [-0.05, 0) is 30.9 Å². The van der Waals surface area contributed by atoms with Gasteiger partial charge in [0.05, 0.1) is 4.92 Å². The molecule has 0 unspecified atom stereocenters. The van der Waals surface area contributed by atoms with E-state index < -0.39 is 4.92 Å². The lowest BCUT2D eigenvalue weighted by molar-refractivity contribution is -0.383. The number of amides is 1. The predicted molar refractivity (Wildman–Crippen MR) is 73.4 cm³/mol. The second-order valence-corrected chi connectivity index (χ2v) is 4.80. The van der Waals surface area contributed by atoms with E-state index in [9.17, 15) is 14.9 Å². The Hall–Kier alpha value is -2.15. The van der Waals surface area contributed by atoms with E-state index in [1.807, 2.05) is 0 Å². The normalized spacial score (nSPS) is 15.8. The number of ether oxygens (including phenoxy) is 1. The van der Waals surface area contributed by atoms with Crippen molar-refractivity contribution in [2.75, 3.05) is 25.5 Å². The molecule has 0 saturated carbocycles. The number of nitrogens with one attached hydrogen (secondary N) is 1. The third-order valence-corrected chi connectivity index (χ3v) is 3.38. The number of carbonyl (C=O) groups is 1. The standard InChI is InChI=1S/C13H17N3O4/c14-11-2-1-10(7-12(11)16(18)19)13(17)15-8-9-3-5-20-6-4-9/h1-2,7,9H,3-6,8,14H2,(H,15,17). The third kappa shape index (κ3) is 3.45. The first-order valence-electron chi connectivity index (χ1n) is 6.48. The highest BCUT2D eigenvalue weighted by molar-refractivity contribution is 5.95. The molecular weight excluding hydrogens is 262 g/mol. The summed E-state index contributed by atoms with van der Waals surface area (Å²) in [4.78, 5) is 22.2. The fourth-order valence-electron chi connectivity index (χ4n) is 2.13. The van der Waals surface area contributed by atoms with Crippen LogP contribution in [0.25, 0.3) is 0 Å². The van der Waals surface area contributed by atoms with Crippen LogP contribution in [-0.4, -0.2) is 30.6 Å². The molecule has 1 aromatic carbocycles. The number of nitrogens with two attached hydrogens (primary N) is 1. The Labute approximate surface area is 116 Å². The second-order valence-electron chi connectivity index (χ2n) is 4.80.